The molecule has 5 heteroatoms. The molecular formula is C14H21N3O2. The Kier molecular flexibility index (Phi) is 3.94. The second-order valence-corrected chi connectivity index (χ2v) is 5.49. The lowest BCUT2D eigenvalue weighted by Gasteiger charge is -2.22. The maximum absolute atomic E-state index is 9.17. The number of aromatic nitrogens is 2. The first-order valence-electron chi connectivity index (χ1n) is 7.14. The molecule has 19 heavy (non-hydrogen) atoms. The number of hydrogen-bond acceptors (Lipinski definition) is 5. The van der Waals surface area contributed by atoms with Crippen molar-refractivity contribution in [2.45, 2.75) is 25.2 Å². The van der Waals surface area contributed by atoms with E-state index in [2.05, 4.69) is 27.2 Å². The fourth-order valence-electron chi connectivity index (χ4n) is 2.91. The number of rotatable bonds is 3. The van der Waals surface area contributed by atoms with Gasteiger partial charge in [0.15, 0.2) is 5.82 Å². The highest BCUT2D eigenvalue weighted by atomic mass is 16.5. The van der Waals surface area contributed by atoms with Gasteiger partial charge in [-0.05, 0) is 31.4 Å². The van der Waals surface area contributed by atoms with E-state index in [9.17, 15) is 5.11 Å². The van der Waals surface area contributed by atoms with Gasteiger partial charge in [0.1, 0.15) is 0 Å². The molecule has 0 aliphatic carbocycles. The van der Waals surface area contributed by atoms with Gasteiger partial charge in [0.05, 0.1) is 5.69 Å². The lowest BCUT2D eigenvalue weighted by molar-refractivity contribution is 0.0843. The van der Waals surface area contributed by atoms with Crippen molar-refractivity contribution in [2.24, 2.45) is 5.92 Å². The van der Waals surface area contributed by atoms with Crippen molar-refractivity contribution in [3.63, 3.8) is 0 Å². The number of ether oxygens (including phenoxy) is 1. The van der Waals surface area contributed by atoms with E-state index in [1.165, 1.54) is 0 Å². The first-order chi connectivity index (χ1) is 9.36. The smallest absolute Gasteiger partial charge is 0.151 e. The lowest BCUT2D eigenvalue weighted by atomic mass is 9.96. The summed E-state index contributed by atoms with van der Waals surface area (Å²) >= 11 is 0. The van der Waals surface area contributed by atoms with Gasteiger partial charge in [0.25, 0.3) is 0 Å². The van der Waals surface area contributed by atoms with Crippen LogP contribution < -0.4 is 4.90 Å². The van der Waals surface area contributed by atoms with Gasteiger partial charge in [0.2, 0.25) is 0 Å². The Morgan fingerprint density at radius 1 is 1.21 bits per heavy atom. The van der Waals surface area contributed by atoms with Crippen LogP contribution in [-0.2, 0) is 4.74 Å². The number of anilines is 1. The van der Waals surface area contributed by atoms with Crippen LogP contribution in [0, 0.1) is 5.92 Å². The molecule has 1 unspecified atom stereocenters. The number of nitrogens with zero attached hydrogens (tertiary/aromatic N) is 3. The summed E-state index contributed by atoms with van der Waals surface area (Å²) in [6.07, 6.45) is 3.13. The van der Waals surface area contributed by atoms with Gasteiger partial charge >= 0.3 is 0 Å². The van der Waals surface area contributed by atoms with Crippen LogP contribution in [0.2, 0.25) is 0 Å². The number of aliphatic hydroxyl groups is 1. The summed E-state index contributed by atoms with van der Waals surface area (Å²) in [6, 6.07) is 4.17. The van der Waals surface area contributed by atoms with Crippen LogP contribution in [0.5, 0.6) is 0 Å². The topological polar surface area (TPSA) is 58.5 Å². The predicted molar refractivity (Wildman–Crippen MR) is 72.2 cm³/mol. The summed E-state index contributed by atoms with van der Waals surface area (Å²) < 4.78 is 5.37. The van der Waals surface area contributed by atoms with E-state index in [4.69, 9.17) is 4.74 Å². The number of aliphatic hydroxyl groups excluding tert-OH is 1. The summed E-state index contributed by atoms with van der Waals surface area (Å²) in [6.45, 7) is 3.79. The quantitative estimate of drug-likeness (QED) is 0.887. The average Bonchev–Trinajstić information content (AvgIpc) is 2.97. The van der Waals surface area contributed by atoms with Crippen LogP contribution in [-0.4, -0.2) is 48.2 Å². The van der Waals surface area contributed by atoms with Gasteiger partial charge in [-0.15, -0.1) is 5.10 Å². The summed E-state index contributed by atoms with van der Waals surface area (Å²) in [4.78, 5) is 2.21. The summed E-state index contributed by atoms with van der Waals surface area (Å²) in [5.74, 6) is 1.82. The molecular weight excluding hydrogens is 242 g/mol. The van der Waals surface area contributed by atoms with Crippen LogP contribution in [0.1, 0.15) is 30.9 Å². The van der Waals surface area contributed by atoms with Crippen molar-refractivity contribution < 1.29 is 9.84 Å². The molecule has 1 atom stereocenters. The van der Waals surface area contributed by atoms with Gasteiger partial charge in [-0.2, -0.15) is 5.10 Å². The average molecular weight is 263 g/mol. The minimum absolute atomic E-state index is 0.268. The zero-order chi connectivity index (χ0) is 13.1. The third-order valence-corrected chi connectivity index (χ3v) is 4.18. The lowest BCUT2D eigenvalue weighted by Crippen LogP contribution is -2.22. The molecule has 2 fully saturated rings. The molecule has 1 aromatic rings. The monoisotopic (exact) mass is 263 g/mol. The predicted octanol–water partition coefficient (Wildman–Crippen LogP) is 1.19. The molecule has 0 bridgehead atoms. The molecule has 0 spiro atoms. The maximum atomic E-state index is 9.17. The van der Waals surface area contributed by atoms with Crippen LogP contribution in [0.15, 0.2) is 12.1 Å². The number of hydrogen-bond donors (Lipinski definition) is 1. The molecule has 2 saturated heterocycles. The Hall–Kier alpha value is -1.20. The zero-order valence-corrected chi connectivity index (χ0v) is 11.2. The van der Waals surface area contributed by atoms with Gasteiger partial charge < -0.3 is 14.7 Å². The molecule has 2 aliphatic rings. The van der Waals surface area contributed by atoms with Crippen molar-refractivity contribution >= 4 is 5.82 Å². The van der Waals surface area contributed by atoms with Gasteiger partial charge in [-0.3, -0.25) is 0 Å². The Bertz CT molecular complexity index is 404. The summed E-state index contributed by atoms with van der Waals surface area (Å²) in [7, 11) is 0. The normalized spacial score (nSPS) is 24.9. The van der Waals surface area contributed by atoms with Crippen molar-refractivity contribution in [2.75, 3.05) is 37.8 Å². The first-order valence-corrected chi connectivity index (χ1v) is 7.14. The first kappa shape index (κ1) is 12.8. The minimum Gasteiger partial charge on any atom is -0.396 e. The molecule has 1 N–H and O–H groups in total. The molecule has 0 aromatic carbocycles. The van der Waals surface area contributed by atoms with E-state index < -0.39 is 0 Å². The summed E-state index contributed by atoms with van der Waals surface area (Å²) in [5, 5.41) is 17.9. The fourth-order valence-corrected chi connectivity index (χ4v) is 2.91. The molecule has 3 rings (SSSR count). The van der Waals surface area contributed by atoms with Gasteiger partial charge in [-0.25, -0.2) is 0 Å². The Labute approximate surface area is 113 Å². The SMILES string of the molecule is OCC1CCN(c2ccc(C3CCOCC3)nn2)C1. The third kappa shape index (κ3) is 2.87. The molecule has 1 aromatic heterocycles. The third-order valence-electron chi connectivity index (χ3n) is 4.18. The van der Waals surface area contributed by atoms with E-state index in [-0.39, 0.29) is 6.61 Å². The minimum atomic E-state index is 0.268. The molecule has 0 saturated carbocycles. The van der Waals surface area contributed by atoms with Crippen LogP contribution in [0.25, 0.3) is 0 Å². The van der Waals surface area contributed by atoms with E-state index in [0.29, 0.717) is 11.8 Å². The second-order valence-electron chi connectivity index (χ2n) is 5.49. The highest BCUT2D eigenvalue weighted by Gasteiger charge is 2.23. The van der Waals surface area contributed by atoms with E-state index in [0.717, 1.165) is 57.1 Å². The standard InChI is InChI=1S/C14H21N3O2/c18-10-11-3-6-17(9-11)14-2-1-13(15-16-14)12-4-7-19-8-5-12/h1-2,11-12,18H,3-10H2. The van der Waals surface area contributed by atoms with Crippen LogP contribution in [0.3, 0.4) is 0 Å². The summed E-state index contributed by atoms with van der Waals surface area (Å²) in [5.41, 5.74) is 1.09. The zero-order valence-electron chi connectivity index (χ0n) is 11.2. The molecule has 0 radical (unpaired) electrons. The highest BCUT2D eigenvalue weighted by Crippen LogP contribution is 2.26. The maximum Gasteiger partial charge on any atom is 0.151 e. The largest absolute Gasteiger partial charge is 0.396 e. The van der Waals surface area contributed by atoms with Crippen molar-refractivity contribution in [1.29, 1.82) is 0 Å². The molecule has 2 aliphatic heterocycles. The molecule has 104 valence electrons. The molecule has 0 amide bonds. The molecule has 3 heterocycles. The van der Waals surface area contributed by atoms with E-state index in [1.54, 1.807) is 0 Å². The Morgan fingerprint density at radius 2 is 2.05 bits per heavy atom. The van der Waals surface area contributed by atoms with Crippen molar-refractivity contribution in [1.82, 2.24) is 10.2 Å². The van der Waals surface area contributed by atoms with Crippen LogP contribution in [0.4, 0.5) is 5.82 Å². The Morgan fingerprint density at radius 3 is 2.68 bits per heavy atom. The van der Waals surface area contributed by atoms with Gasteiger partial charge in [0, 0.05) is 44.7 Å². The van der Waals surface area contributed by atoms with Crippen molar-refractivity contribution in [3.05, 3.63) is 17.8 Å². The van der Waals surface area contributed by atoms with Crippen LogP contribution >= 0.6 is 0 Å². The Balaban J connectivity index is 1.65. The fraction of sp³-hybridized carbons (Fsp3) is 0.714. The second kappa shape index (κ2) is 5.84. The van der Waals surface area contributed by atoms with Crippen molar-refractivity contribution in [3.8, 4) is 0 Å². The highest BCUT2D eigenvalue weighted by molar-refractivity contribution is 5.39. The molecule has 5 nitrogen and oxygen atoms in total. The van der Waals surface area contributed by atoms with E-state index >= 15 is 0 Å². The van der Waals surface area contributed by atoms with E-state index in [1.807, 2.05) is 0 Å². The van der Waals surface area contributed by atoms with Gasteiger partial charge in [-0.1, -0.05) is 0 Å².